The molecule has 124 valence electrons. The fraction of sp³-hybridized carbons (Fsp3) is 0.143. The number of rotatable bonds is 4. The minimum Gasteiger partial charge on any atom is -0.356 e. The first kappa shape index (κ1) is 15.5. The van der Waals surface area contributed by atoms with Gasteiger partial charge < -0.3 is 10.3 Å². The Morgan fingerprint density at radius 1 is 1.04 bits per heavy atom. The lowest BCUT2D eigenvalue weighted by Crippen LogP contribution is -2.15. The quantitative estimate of drug-likeness (QED) is 0.601. The van der Waals surface area contributed by atoms with E-state index in [1.54, 1.807) is 6.20 Å². The normalized spacial score (nSPS) is 12.4. The molecule has 2 aromatic carbocycles. The van der Waals surface area contributed by atoms with Gasteiger partial charge in [0.1, 0.15) is 5.69 Å². The van der Waals surface area contributed by atoms with Gasteiger partial charge in [0.05, 0.1) is 0 Å². The molecule has 4 aromatic rings. The molecule has 0 saturated carbocycles. The first-order chi connectivity index (χ1) is 12.2. The number of aromatic nitrogens is 2. The molecular formula is C21H19N3O. The van der Waals surface area contributed by atoms with Crippen LogP contribution < -0.4 is 5.73 Å². The summed E-state index contributed by atoms with van der Waals surface area (Å²) in [7, 11) is 0. The Morgan fingerprint density at radius 3 is 2.72 bits per heavy atom. The Labute approximate surface area is 146 Å². The molecular weight excluding hydrogens is 310 g/mol. The molecule has 4 heteroatoms. The second-order valence-corrected chi connectivity index (χ2v) is 6.25. The van der Waals surface area contributed by atoms with Gasteiger partial charge in [0.2, 0.25) is 0 Å². The zero-order chi connectivity index (χ0) is 17.2. The van der Waals surface area contributed by atoms with Gasteiger partial charge in [-0.25, -0.2) is 0 Å². The zero-order valence-electron chi connectivity index (χ0n) is 14.0. The number of fused-ring (bicyclic) bond motifs is 1. The number of nitrogens with zero attached hydrogens (tertiary/aromatic N) is 2. The van der Waals surface area contributed by atoms with Crippen molar-refractivity contribution in [3.8, 4) is 11.3 Å². The van der Waals surface area contributed by atoms with E-state index in [2.05, 4.69) is 35.3 Å². The predicted molar refractivity (Wildman–Crippen MR) is 99.1 cm³/mol. The third kappa shape index (κ3) is 3.04. The van der Waals surface area contributed by atoms with Crippen LogP contribution in [-0.2, 0) is 6.42 Å². The maximum absolute atomic E-state index is 6.53. The molecule has 4 nitrogen and oxygen atoms in total. The van der Waals surface area contributed by atoms with E-state index in [-0.39, 0.29) is 6.04 Å². The van der Waals surface area contributed by atoms with Crippen molar-refractivity contribution in [2.24, 2.45) is 5.73 Å². The van der Waals surface area contributed by atoms with E-state index in [1.165, 1.54) is 0 Å². The van der Waals surface area contributed by atoms with E-state index in [1.807, 2.05) is 42.5 Å². The Hall–Kier alpha value is -2.98. The van der Waals surface area contributed by atoms with Gasteiger partial charge in [-0.05, 0) is 42.8 Å². The highest BCUT2D eigenvalue weighted by atomic mass is 16.5. The largest absolute Gasteiger partial charge is 0.356 e. The molecule has 0 saturated heterocycles. The first-order valence-electron chi connectivity index (χ1n) is 8.33. The second kappa shape index (κ2) is 6.49. The lowest BCUT2D eigenvalue weighted by atomic mass is 9.93. The van der Waals surface area contributed by atoms with Gasteiger partial charge in [0.25, 0.3) is 0 Å². The Kier molecular flexibility index (Phi) is 4.04. The van der Waals surface area contributed by atoms with Crippen LogP contribution in [0.2, 0.25) is 0 Å². The van der Waals surface area contributed by atoms with Crippen LogP contribution in [0.3, 0.4) is 0 Å². The van der Waals surface area contributed by atoms with Crippen molar-refractivity contribution in [2.75, 3.05) is 0 Å². The van der Waals surface area contributed by atoms with Crippen LogP contribution in [0, 0.1) is 6.92 Å². The number of benzene rings is 2. The van der Waals surface area contributed by atoms with Crippen molar-refractivity contribution in [3.05, 3.63) is 83.7 Å². The molecule has 2 heterocycles. The van der Waals surface area contributed by atoms with E-state index in [4.69, 9.17) is 10.3 Å². The molecule has 4 rings (SSSR count). The Balaban J connectivity index is 1.79. The van der Waals surface area contributed by atoms with Crippen molar-refractivity contribution in [2.45, 2.75) is 19.4 Å². The Morgan fingerprint density at radius 2 is 1.88 bits per heavy atom. The number of para-hydroxylation sites is 1. The highest BCUT2D eigenvalue weighted by Gasteiger charge is 2.18. The van der Waals surface area contributed by atoms with Gasteiger partial charge in [-0.3, -0.25) is 4.98 Å². The van der Waals surface area contributed by atoms with Gasteiger partial charge >= 0.3 is 0 Å². The molecule has 0 aliphatic carbocycles. The van der Waals surface area contributed by atoms with Crippen molar-refractivity contribution in [1.29, 1.82) is 0 Å². The van der Waals surface area contributed by atoms with Crippen molar-refractivity contribution < 1.29 is 4.52 Å². The summed E-state index contributed by atoms with van der Waals surface area (Å²) >= 11 is 0. The van der Waals surface area contributed by atoms with Gasteiger partial charge in [0, 0.05) is 35.3 Å². The molecule has 0 fully saturated rings. The third-order valence-corrected chi connectivity index (χ3v) is 4.40. The number of hydrogen-bond donors (Lipinski definition) is 1. The molecule has 0 aliphatic rings. The SMILES string of the molecule is Cc1ccc([C@@H](N)Cc2ccccn2)c(-c2noc3ccccc23)c1. The summed E-state index contributed by atoms with van der Waals surface area (Å²) in [4.78, 5) is 4.39. The highest BCUT2D eigenvalue weighted by Crippen LogP contribution is 2.33. The van der Waals surface area contributed by atoms with Crippen molar-refractivity contribution in [3.63, 3.8) is 0 Å². The summed E-state index contributed by atoms with van der Waals surface area (Å²) in [6, 6.07) is 19.9. The van der Waals surface area contributed by atoms with Crippen LogP contribution in [0.1, 0.15) is 22.9 Å². The first-order valence-corrected chi connectivity index (χ1v) is 8.33. The molecule has 0 aliphatic heterocycles. The predicted octanol–water partition coefficient (Wildman–Crippen LogP) is 4.44. The standard InChI is InChI=1S/C21H19N3O/c1-14-9-10-16(19(22)13-15-6-4-5-11-23-15)18(12-14)21-17-7-2-3-8-20(17)25-24-21/h2-12,19H,13,22H2,1H3/t19-/m0/s1. The van der Waals surface area contributed by atoms with E-state index in [0.29, 0.717) is 6.42 Å². The van der Waals surface area contributed by atoms with Crippen LogP contribution in [0.25, 0.3) is 22.2 Å². The van der Waals surface area contributed by atoms with Gasteiger partial charge in [-0.15, -0.1) is 0 Å². The van der Waals surface area contributed by atoms with E-state index < -0.39 is 0 Å². The van der Waals surface area contributed by atoms with Crippen molar-refractivity contribution in [1.82, 2.24) is 10.1 Å². The number of hydrogen-bond acceptors (Lipinski definition) is 4. The molecule has 0 radical (unpaired) electrons. The second-order valence-electron chi connectivity index (χ2n) is 6.25. The summed E-state index contributed by atoms with van der Waals surface area (Å²) in [5.74, 6) is 0. The summed E-state index contributed by atoms with van der Waals surface area (Å²) in [6.07, 6.45) is 2.47. The van der Waals surface area contributed by atoms with Crippen LogP contribution in [-0.4, -0.2) is 10.1 Å². The van der Waals surface area contributed by atoms with Gasteiger partial charge in [-0.1, -0.05) is 41.1 Å². The molecule has 25 heavy (non-hydrogen) atoms. The average Bonchev–Trinajstić information content (AvgIpc) is 3.06. The maximum atomic E-state index is 6.53. The molecule has 2 aromatic heterocycles. The summed E-state index contributed by atoms with van der Waals surface area (Å²) in [5, 5.41) is 5.31. The summed E-state index contributed by atoms with van der Waals surface area (Å²) < 4.78 is 5.49. The van der Waals surface area contributed by atoms with Crippen LogP contribution in [0.15, 0.2) is 71.4 Å². The number of nitrogens with two attached hydrogens (primary N) is 1. The Bertz CT molecular complexity index is 1010. The fourth-order valence-electron chi connectivity index (χ4n) is 3.13. The van der Waals surface area contributed by atoms with Gasteiger partial charge in [0.15, 0.2) is 5.58 Å². The van der Waals surface area contributed by atoms with E-state index >= 15 is 0 Å². The van der Waals surface area contributed by atoms with Crippen molar-refractivity contribution >= 4 is 11.0 Å². The number of aryl methyl sites for hydroxylation is 1. The maximum Gasteiger partial charge on any atom is 0.167 e. The molecule has 2 N–H and O–H groups in total. The smallest absolute Gasteiger partial charge is 0.167 e. The van der Waals surface area contributed by atoms with Gasteiger partial charge in [-0.2, -0.15) is 0 Å². The molecule has 0 unspecified atom stereocenters. The number of pyridine rings is 1. The lowest BCUT2D eigenvalue weighted by molar-refractivity contribution is 0.459. The van der Waals surface area contributed by atoms with Crippen LogP contribution in [0.4, 0.5) is 0 Å². The highest BCUT2D eigenvalue weighted by molar-refractivity contribution is 5.92. The molecule has 0 amide bonds. The lowest BCUT2D eigenvalue weighted by Gasteiger charge is -2.16. The van der Waals surface area contributed by atoms with E-state index in [9.17, 15) is 0 Å². The van der Waals surface area contributed by atoms with E-state index in [0.717, 1.165) is 39.0 Å². The topological polar surface area (TPSA) is 64.9 Å². The molecule has 0 bridgehead atoms. The minimum absolute atomic E-state index is 0.166. The molecule has 1 atom stereocenters. The van der Waals surface area contributed by atoms with Crippen LogP contribution >= 0.6 is 0 Å². The molecule has 0 spiro atoms. The zero-order valence-corrected chi connectivity index (χ0v) is 14.0. The summed E-state index contributed by atoms with van der Waals surface area (Å²) in [6.45, 7) is 2.07. The monoisotopic (exact) mass is 329 g/mol. The minimum atomic E-state index is -0.166. The van der Waals surface area contributed by atoms with Crippen LogP contribution in [0.5, 0.6) is 0 Å². The average molecular weight is 329 g/mol. The fourth-order valence-corrected chi connectivity index (χ4v) is 3.13. The third-order valence-electron chi connectivity index (χ3n) is 4.40. The summed E-state index contributed by atoms with van der Waals surface area (Å²) in [5.41, 5.74) is 12.4.